The van der Waals surface area contributed by atoms with E-state index in [2.05, 4.69) is 10.6 Å². The lowest BCUT2D eigenvalue weighted by molar-refractivity contribution is -0.142. The lowest BCUT2D eigenvalue weighted by Crippen LogP contribution is -2.55. The molecule has 2 rings (SSSR count). The van der Waals surface area contributed by atoms with Crippen molar-refractivity contribution in [3.8, 4) is 0 Å². The van der Waals surface area contributed by atoms with Crippen molar-refractivity contribution in [1.82, 2.24) is 10.6 Å². The SMILES string of the molecule is CC(C)C[C@H](NC(=O)[C@@H](N)CCc1ccccc1)C(=O)NC(Cc1ccccc1)C(=O)O. The smallest absolute Gasteiger partial charge is 0.326 e. The molecule has 172 valence electrons. The normalized spacial score (nSPS) is 13.8. The van der Waals surface area contributed by atoms with Crippen LogP contribution in [0.25, 0.3) is 0 Å². The van der Waals surface area contributed by atoms with E-state index < -0.39 is 35.9 Å². The zero-order valence-corrected chi connectivity index (χ0v) is 18.7. The van der Waals surface area contributed by atoms with Crippen LogP contribution in [0.1, 0.15) is 37.8 Å². The molecule has 7 nitrogen and oxygen atoms in total. The highest BCUT2D eigenvalue weighted by Crippen LogP contribution is 2.09. The number of benzene rings is 2. The number of aryl methyl sites for hydroxylation is 1. The topological polar surface area (TPSA) is 122 Å². The summed E-state index contributed by atoms with van der Waals surface area (Å²) in [7, 11) is 0. The first-order valence-corrected chi connectivity index (χ1v) is 10.9. The molecular weight excluding hydrogens is 406 g/mol. The van der Waals surface area contributed by atoms with E-state index in [4.69, 9.17) is 5.73 Å². The van der Waals surface area contributed by atoms with Crippen LogP contribution in [0.15, 0.2) is 60.7 Å². The average Bonchev–Trinajstić information content (AvgIpc) is 2.77. The summed E-state index contributed by atoms with van der Waals surface area (Å²) in [6.07, 6.45) is 1.62. The Balaban J connectivity index is 1.99. The van der Waals surface area contributed by atoms with Crippen LogP contribution >= 0.6 is 0 Å². The van der Waals surface area contributed by atoms with Crippen molar-refractivity contribution >= 4 is 17.8 Å². The molecule has 0 spiro atoms. The van der Waals surface area contributed by atoms with Crippen LogP contribution in [0.4, 0.5) is 0 Å². The Morgan fingerprint density at radius 3 is 1.91 bits per heavy atom. The Morgan fingerprint density at radius 1 is 0.844 bits per heavy atom. The molecular formula is C25H33N3O4. The van der Waals surface area contributed by atoms with Gasteiger partial charge in [0, 0.05) is 6.42 Å². The molecule has 3 atom stereocenters. The van der Waals surface area contributed by atoms with Gasteiger partial charge >= 0.3 is 5.97 Å². The molecule has 0 aliphatic rings. The number of carbonyl (C=O) groups excluding carboxylic acids is 2. The minimum atomic E-state index is -1.13. The van der Waals surface area contributed by atoms with Gasteiger partial charge < -0.3 is 21.5 Å². The first-order chi connectivity index (χ1) is 15.3. The molecule has 1 unspecified atom stereocenters. The number of carboxylic acids is 1. The molecule has 0 bridgehead atoms. The van der Waals surface area contributed by atoms with Gasteiger partial charge in [-0.15, -0.1) is 0 Å². The number of nitrogens with two attached hydrogens (primary N) is 1. The molecule has 2 aromatic carbocycles. The monoisotopic (exact) mass is 439 g/mol. The summed E-state index contributed by atoms with van der Waals surface area (Å²) in [5.41, 5.74) is 7.94. The van der Waals surface area contributed by atoms with E-state index in [0.29, 0.717) is 19.3 Å². The maximum Gasteiger partial charge on any atom is 0.326 e. The number of amides is 2. The van der Waals surface area contributed by atoms with Crippen molar-refractivity contribution in [2.45, 2.75) is 57.7 Å². The van der Waals surface area contributed by atoms with Crippen LogP contribution in [-0.2, 0) is 27.2 Å². The molecule has 2 amide bonds. The van der Waals surface area contributed by atoms with Gasteiger partial charge in [-0.2, -0.15) is 0 Å². The van der Waals surface area contributed by atoms with Crippen LogP contribution in [0.2, 0.25) is 0 Å². The van der Waals surface area contributed by atoms with E-state index >= 15 is 0 Å². The summed E-state index contributed by atoms with van der Waals surface area (Å²) >= 11 is 0. The number of hydrogen-bond acceptors (Lipinski definition) is 4. The van der Waals surface area contributed by atoms with Crippen LogP contribution in [-0.4, -0.2) is 41.0 Å². The Bertz CT molecular complexity index is 871. The standard InChI is InChI=1S/C25H33N3O4/c1-17(2)15-21(27-23(29)20(26)14-13-18-9-5-3-6-10-18)24(30)28-22(25(31)32)16-19-11-7-4-8-12-19/h3-12,17,20-22H,13-16,26H2,1-2H3,(H,27,29)(H,28,30)(H,31,32)/t20-,21-,22?/m0/s1. The van der Waals surface area contributed by atoms with Gasteiger partial charge in [-0.05, 0) is 36.3 Å². The molecule has 0 heterocycles. The van der Waals surface area contributed by atoms with E-state index in [0.717, 1.165) is 11.1 Å². The summed E-state index contributed by atoms with van der Waals surface area (Å²) in [4.78, 5) is 37.2. The molecule has 2 aromatic rings. The molecule has 7 heteroatoms. The Labute approximate surface area is 189 Å². The maximum absolute atomic E-state index is 12.9. The quantitative estimate of drug-likeness (QED) is 0.404. The summed E-state index contributed by atoms with van der Waals surface area (Å²) < 4.78 is 0. The third-order valence-electron chi connectivity index (χ3n) is 5.16. The van der Waals surface area contributed by atoms with E-state index in [-0.39, 0.29) is 12.3 Å². The van der Waals surface area contributed by atoms with Gasteiger partial charge in [0.25, 0.3) is 0 Å². The Hall–Kier alpha value is -3.19. The second kappa shape index (κ2) is 12.6. The molecule has 0 fully saturated rings. The zero-order chi connectivity index (χ0) is 23.5. The van der Waals surface area contributed by atoms with E-state index in [1.54, 1.807) is 12.1 Å². The van der Waals surface area contributed by atoms with Crippen molar-refractivity contribution in [1.29, 1.82) is 0 Å². The Kier molecular flexibility index (Phi) is 9.88. The van der Waals surface area contributed by atoms with Crippen LogP contribution in [0.5, 0.6) is 0 Å². The fraction of sp³-hybridized carbons (Fsp3) is 0.400. The van der Waals surface area contributed by atoms with Crippen molar-refractivity contribution < 1.29 is 19.5 Å². The number of nitrogens with one attached hydrogen (secondary N) is 2. The second-order valence-corrected chi connectivity index (χ2v) is 8.41. The number of carbonyl (C=O) groups is 3. The fourth-order valence-electron chi connectivity index (χ4n) is 3.40. The first-order valence-electron chi connectivity index (χ1n) is 10.9. The predicted molar refractivity (Wildman–Crippen MR) is 124 cm³/mol. The van der Waals surface area contributed by atoms with Gasteiger partial charge in [0.05, 0.1) is 6.04 Å². The lowest BCUT2D eigenvalue weighted by Gasteiger charge is -2.24. The van der Waals surface area contributed by atoms with Crippen molar-refractivity contribution in [2.24, 2.45) is 11.7 Å². The summed E-state index contributed by atoms with van der Waals surface area (Å²) in [6.45, 7) is 3.86. The summed E-state index contributed by atoms with van der Waals surface area (Å²) in [5, 5.41) is 14.9. The molecule has 0 saturated heterocycles. The first kappa shape index (κ1) is 25.1. The van der Waals surface area contributed by atoms with Crippen molar-refractivity contribution in [3.63, 3.8) is 0 Å². The highest BCUT2D eigenvalue weighted by Gasteiger charge is 2.28. The number of carboxylic acid groups (broad SMARTS) is 1. The van der Waals surface area contributed by atoms with Crippen molar-refractivity contribution in [2.75, 3.05) is 0 Å². The minimum Gasteiger partial charge on any atom is -0.480 e. The zero-order valence-electron chi connectivity index (χ0n) is 18.7. The van der Waals surface area contributed by atoms with E-state index in [9.17, 15) is 19.5 Å². The maximum atomic E-state index is 12.9. The minimum absolute atomic E-state index is 0.115. The highest BCUT2D eigenvalue weighted by molar-refractivity contribution is 5.91. The molecule has 0 radical (unpaired) electrons. The lowest BCUT2D eigenvalue weighted by atomic mass is 10.00. The summed E-state index contributed by atoms with van der Waals surface area (Å²) in [6, 6.07) is 16.1. The number of rotatable bonds is 12. The van der Waals surface area contributed by atoms with Gasteiger partial charge in [-0.3, -0.25) is 9.59 Å². The average molecular weight is 440 g/mol. The van der Waals surface area contributed by atoms with Gasteiger partial charge in [0.1, 0.15) is 12.1 Å². The van der Waals surface area contributed by atoms with Gasteiger partial charge in [0.2, 0.25) is 11.8 Å². The highest BCUT2D eigenvalue weighted by atomic mass is 16.4. The van der Waals surface area contributed by atoms with Gasteiger partial charge in [-0.1, -0.05) is 74.5 Å². The third-order valence-corrected chi connectivity index (χ3v) is 5.16. The van der Waals surface area contributed by atoms with Gasteiger partial charge in [-0.25, -0.2) is 4.79 Å². The largest absolute Gasteiger partial charge is 0.480 e. The summed E-state index contributed by atoms with van der Waals surface area (Å²) in [5.74, 6) is -1.96. The Morgan fingerprint density at radius 2 is 1.38 bits per heavy atom. The van der Waals surface area contributed by atoms with E-state index in [1.807, 2.05) is 62.4 Å². The molecule has 5 N–H and O–H groups in total. The fourth-order valence-corrected chi connectivity index (χ4v) is 3.40. The molecule has 0 aliphatic carbocycles. The predicted octanol–water partition coefficient (Wildman–Crippen LogP) is 2.29. The molecule has 32 heavy (non-hydrogen) atoms. The molecule has 0 aliphatic heterocycles. The number of aliphatic carboxylic acids is 1. The van der Waals surface area contributed by atoms with Crippen LogP contribution < -0.4 is 16.4 Å². The van der Waals surface area contributed by atoms with Gasteiger partial charge in [0.15, 0.2) is 0 Å². The van der Waals surface area contributed by atoms with Crippen LogP contribution in [0, 0.1) is 5.92 Å². The molecule has 0 aromatic heterocycles. The second-order valence-electron chi connectivity index (χ2n) is 8.41. The molecule has 0 saturated carbocycles. The van der Waals surface area contributed by atoms with Crippen molar-refractivity contribution in [3.05, 3.63) is 71.8 Å². The number of hydrogen-bond donors (Lipinski definition) is 4. The van der Waals surface area contributed by atoms with E-state index in [1.165, 1.54) is 0 Å². The van der Waals surface area contributed by atoms with Crippen LogP contribution in [0.3, 0.4) is 0 Å². The third kappa shape index (κ3) is 8.51.